The van der Waals surface area contributed by atoms with E-state index in [2.05, 4.69) is 25.8 Å². The number of aromatic nitrogens is 4. The molecule has 1 saturated heterocycles. The number of ether oxygens (including phenoxy) is 1. The van der Waals surface area contributed by atoms with Crippen molar-refractivity contribution in [2.45, 2.75) is 13.0 Å². The Hall–Kier alpha value is -3.18. The molecule has 0 amide bonds. The van der Waals surface area contributed by atoms with Gasteiger partial charge in [-0.2, -0.15) is 5.26 Å². The number of anilines is 2. The van der Waals surface area contributed by atoms with Crippen molar-refractivity contribution < 1.29 is 4.74 Å². The van der Waals surface area contributed by atoms with Crippen LogP contribution in [0.4, 0.5) is 11.6 Å². The van der Waals surface area contributed by atoms with Gasteiger partial charge in [-0.1, -0.05) is 0 Å². The molecule has 0 unspecified atom stereocenters. The minimum atomic E-state index is 0.547. The van der Waals surface area contributed by atoms with Gasteiger partial charge in [0.15, 0.2) is 11.5 Å². The molecule has 5 heterocycles. The first-order chi connectivity index (χ1) is 13.3. The summed E-state index contributed by atoms with van der Waals surface area (Å²) < 4.78 is 7.47. The molecule has 0 spiro atoms. The summed E-state index contributed by atoms with van der Waals surface area (Å²) >= 11 is 0. The lowest BCUT2D eigenvalue weighted by Crippen LogP contribution is -2.47. The number of nitrogens with zero attached hydrogens (tertiary/aromatic N) is 7. The maximum Gasteiger partial charge on any atom is 0.180 e. The van der Waals surface area contributed by atoms with E-state index in [1.165, 1.54) is 0 Å². The molecule has 0 atom stereocenters. The number of imidazole rings is 1. The molecule has 0 saturated carbocycles. The molecule has 0 aromatic carbocycles. The van der Waals surface area contributed by atoms with Gasteiger partial charge in [0.1, 0.15) is 11.9 Å². The minimum Gasteiger partial charge on any atom is -0.376 e. The Morgan fingerprint density at radius 3 is 2.52 bits per heavy atom. The molecule has 2 aliphatic rings. The highest BCUT2D eigenvalue weighted by atomic mass is 16.5. The smallest absolute Gasteiger partial charge is 0.180 e. The van der Waals surface area contributed by atoms with E-state index in [1.807, 2.05) is 22.9 Å². The number of pyridine rings is 1. The van der Waals surface area contributed by atoms with Crippen LogP contribution in [0, 0.1) is 11.3 Å². The second-order valence-electron chi connectivity index (χ2n) is 6.76. The van der Waals surface area contributed by atoms with Crippen molar-refractivity contribution in [2.24, 2.45) is 0 Å². The third-order valence-electron chi connectivity index (χ3n) is 5.20. The highest BCUT2D eigenvalue weighted by Crippen LogP contribution is 2.26. The van der Waals surface area contributed by atoms with Gasteiger partial charge in [-0.15, -0.1) is 0 Å². The van der Waals surface area contributed by atoms with Crippen LogP contribution in [0.5, 0.6) is 0 Å². The van der Waals surface area contributed by atoms with Crippen molar-refractivity contribution in [1.82, 2.24) is 19.4 Å². The van der Waals surface area contributed by atoms with Crippen molar-refractivity contribution in [1.29, 1.82) is 5.26 Å². The van der Waals surface area contributed by atoms with Gasteiger partial charge in [0, 0.05) is 63.0 Å². The van der Waals surface area contributed by atoms with E-state index in [0.717, 1.165) is 61.1 Å². The third kappa shape index (κ3) is 2.76. The van der Waals surface area contributed by atoms with E-state index in [4.69, 9.17) is 9.72 Å². The van der Waals surface area contributed by atoms with Crippen LogP contribution in [0.2, 0.25) is 0 Å². The molecule has 3 aromatic rings. The first-order valence-corrected chi connectivity index (χ1v) is 9.12. The molecule has 136 valence electrons. The molecule has 8 heteroatoms. The molecular weight excluding hydrogens is 342 g/mol. The van der Waals surface area contributed by atoms with Crippen LogP contribution in [0.15, 0.2) is 30.9 Å². The maximum atomic E-state index is 9.59. The van der Waals surface area contributed by atoms with Crippen LogP contribution in [-0.4, -0.2) is 52.1 Å². The zero-order valence-electron chi connectivity index (χ0n) is 14.9. The minimum absolute atomic E-state index is 0.547. The zero-order chi connectivity index (χ0) is 18.2. The summed E-state index contributed by atoms with van der Waals surface area (Å²) in [4.78, 5) is 18.2. The standard InChI is InChI=1S/C19H19N7O/c20-12-14-11-15-13-27-10-1-16(15)23-17(14)25-6-8-26(9-7-25)19-18-21-2-4-24(18)5-3-22-19/h2-5,11H,1,6-10,13H2. The Morgan fingerprint density at radius 1 is 1.00 bits per heavy atom. The van der Waals surface area contributed by atoms with E-state index >= 15 is 0 Å². The Kier molecular flexibility index (Phi) is 3.87. The molecule has 8 nitrogen and oxygen atoms in total. The average molecular weight is 361 g/mol. The number of hydrogen-bond donors (Lipinski definition) is 0. The SMILES string of the molecule is N#Cc1cc2c(nc1N1CCN(c3nccn4ccnc34)CC1)CCOC2. The number of piperazine rings is 1. The molecule has 2 aliphatic heterocycles. The summed E-state index contributed by atoms with van der Waals surface area (Å²) in [5.74, 6) is 1.70. The maximum absolute atomic E-state index is 9.59. The van der Waals surface area contributed by atoms with Gasteiger partial charge in [0.05, 0.1) is 24.5 Å². The highest BCUT2D eigenvalue weighted by Gasteiger charge is 2.24. The lowest BCUT2D eigenvalue weighted by atomic mass is 10.1. The summed E-state index contributed by atoms with van der Waals surface area (Å²) in [6.45, 7) is 4.45. The van der Waals surface area contributed by atoms with Crippen LogP contribution < -0.4 is 9.80 Å². The van der Waals surface area contributed by atoms with E-state index < -0.39 is 0 Å². The van der Waals surface area contributed by atoms with Crippen molar-refractivity contribution >= 4 is 17.3 Å². The van der Waals surface area contributed by atoms with Crippen LogP contribution in [-0.2, 0) is 17.8 Å². The van der Waals surface area contributed by atoms with Crippen LogP contribution in [0.25, 0.3) is 5.65 Å². The molecule has 5 rings (SSSR count). The second kappa shape index (κ2) is 6.52. The number of fused-ring (bicyclic) bond motifs is 2. The first-order valence-electron chi connectivity index (χ1n) is 9.12. The lowest BCUT2D eigenvalue weighted by Gasteiger charge is -2.36. The van der Waals surface area contributed by atoms with Gasteiger partial charge in [-0.3, -0.25) is 0 Å². The fourth-order valence-electron chi connectivity index (χ4n) is 3.79. The van der Waals surface area contributed by atoms with Gasteiger partial charge >= 0.3 is 0 Å². The van der Waals surface area contributed by atoms with E-state index in [-0.39, 0.29) is 0 Å². The van der Waals surface area contributed by atoms with Crippen molar-refractivity contribution in [2.75, 3.05) is 42.6 Å². The molecule has 0 N–H and O–H groups in total. The van der Waals surface area contributed by atoms with Crippen molar-refractivity contribution in [3.8, 4) is 6.07 Å². The third-order valence-corrected chi connectivity index (χ3v) is 5.20. The summed E-state index contributed by atoms with van der Waals surface area (Å²) in [5, 5.41) is 9.59. The quantitative estimate of drug-likeness (QED) is 0.682. The molecule has 3 aromatic heterocycles. The van der Waals surface area contributed by atoms with Crippen molar-refractivity contribution in [3.63, 3.8) is 0 Å². The number of hydrogen-bond acceptors (Lipinski definition) is 7. The van der Waals surface area contributed by atoms with Crippen LogP contribution in [0.3, 0.4) is 0 Å². The van der Waals surface area contributed by atoms with Gasteiger partial charge in [-0.25, -0.2) is 15.0 Å². The predicted molar refractivity (Wildman–Crippen MR) is 99.7 cm³/mol. The van der Waals surface area contributed by atoms with Crippen molar-refractivity contribution in [3.05, 3.63) is 47.7 Å². The Labute approximate surface area is 156 Å². The topological polar surface area (TPSA) is 82.6 Å². The van der Waals surface area contributed by atoms with Crippen LogP contribution >= 0.6 is 0 Å². The summed E-state index contributed by atoms with van der Waals surface area (Å²) in [6, 6.07) is 4.25. The molecular formula is C19H19N7O. The Balaban J connectivity index is 1.39. The number of nitriles is 1. The van der Waals surface area contributed by atoms with E-state index in [9.17, 15) is 5.26 Å². The normalized spacial score (nSPS) is 17.0. The van der Waals surface area contributed by atoms with Crippen LogP contribution in [0.1, 0.15) is 16.8 Å². The fourth-order valence-corrected chi connectivity index (χ4v) is 3.79. The lowest BCUT2D eigenvalue weighted by molar-refractivity contribution is 0.109. The van der Waals surface area contributed by atoms with Gasteiger partial charge in [0.25, 0.3) is 0 Å². The Bertz CT molecular complexity index is 1030. The molecule has 0 radical (unpaired) electrons. The van der Waals surface area contributed by atoms with E-state index in [0.29, 0.717) is 18.8 Å². The molecule has 1 fully saturated rings. The second-order valence-corrected chi connectivity index (χ2v) is 6.76. The van der Waals surface area contributed by atoms with Gasteiger partial charge in [0.2, 0.25) is 0 Å². The van der Waals surface area contributed by atoms with E-state index in [1.54, 1.807) is 12.4 Å². The summed E-state index contributed by atoms with van der Waals surface area (Å²) in [5.41, 5.74) is 3.59. The predicted octanol–water partition coefficient (Wildman–Crippen LogP) is 1.40. The monoisotopic (exact) mass is 361 g/mol. The summed E-state index contributed by atoms with van der Waals surface area (Å²) in [6.07, 6.45) is 8.23. The summed E-state index contributed by atoms with van der Waals surface area (Å²) in [7, 11) is 0. The number of rotatable bonds is 2. The van der Waals surface area contributed by atoms with Gasteiger partial charge < -0.3 is 18.9 Å². The fraction of sp³-hybridized carbons (Fsp3) is 0.368. The molecule has 0 bridgehead atoms. The largest absolute Gasteiger partial charge is 0.376 e. The molecule has 0 aliphatic carbocycles. The first kappa shape index (κ1) is 16.0. The highest BCUT2D eigenvalue weighted by molar-refractivity contribution is 5.65. The molecule has 27 heavy (non-hydrogen) atoms. The Morgan fingerprint density at radius 2 is 1.74 bits per heavy atom. The zero-order valence-corrected chi connectivity index (χ0v) is 14.9. The van der Waals surface area contributed by atoms with Gasteiger partial charge in [-0.05, 0) is 6.07 Å². The average Bonchev–Trinajstić information content (AvgIpc) is 3.22.